The summed E-state index contributed by atoms with van der Waals surface area (Å²) in [4.78, 5) is 8.23. The van der Waals surface area contributed by atoms with Crippen molar-refractivity contribution >= 4 is 0 Å². The molecule has 0 aliphatic carbocycles. The number of hydrogen-bond donors (Lipinski definition) is 1. The molecule has 0 bridgehead atoms. The topological polar surface area (TPSA) is 66.0 Å². The summed E-state index contributed by atoms with van der Waals surface area (Å²) in [5, 5.41) is 0. The van der Waals surface area contributed by atoms with Gasteiger partial charge in [0.25, 0.3) is 0 Å². The number of nitrogens with two attached hydrogens (primary N) is 1. The number of nitrogens with zero attached hydrogens (tertiary/aromatic N) is 3. The first-order valence-corrected chi connectivity index (χ1v) is 5.00. The van der Waals surface area contributed by atoms with Crippen molar-refractivity contribution in [3.63, 3.8) is 0 Å². The fourth-order valence-electron chi connectivity index (χ4n) is 1.49. The van der Waals surface area contributed by atoms with Crippen LogP contribution in [0.3, 0.4) is 0 Å². The molecule has 84 valence electrons. The molecule has 0 spiro atoms. The Morgan fingerprint density at radius 3 is 2.75 bits per heavy atom. The summed E-state index contributed by atoms with van der Waals surface area (Å²) in [6.45, 7) is 1.92. The smallest absolute Gasteiger partial charge is 0.213 e. The van der Waals surface area contributed by atoms with E-state index >= 15 is 0 Å². The van der Waals surface area contributed by atoms with Crippen LogP contribution in [0, 0.1) is 0 Å². The number of imidazole rings is 1. The minimum atomic E-state index is -0.0652. The van der Waals surface area contributed by atoms with Crippen molar-refractivity contribution in [2.45, 2.75) is 13.0 Å². The molecule has 2 heterocycles. The van der Waals surface area contributed by atoms with E-state index in [1.807, 2.05) is 17.6 Å². The second-order valence-corrected chi connectivity index (χ2v) is 3.54. The number of aromatic nitrogens is 3. The molecule has 0 fully saturated rings. The molecule has 5 heteroatoms. The van der Waals surface area contributed by atoms with Crippen molar-refractivity contribution in [1.29, 1.82) is 0 Å². The predicted molar refractivity (Wildman–Crippen MR) is 60.5 cm³/mol. The molecule has 0 aliphatic heterocycles. The van der Waals surface area contributed by atoms with Crippen LogP contribution in [0.15, 0.2) is 30.9 Å². The van der Waals surface area contributed by atoms with Gasteiger partial charge in [0.15, 0.2) is 0 Å². The molecule has 2 N–H and O–H groups in total. The minimum absolute atomic E-state index is 0.0652. The Morgan fingerprint density at radius 2 is 2.19 bits per heavy atom. The van der Waals surface area contributed by atoms with Gasteiger partial charge in [0, 0.05) is 12.1 Å². The van der Waals surface area contributed by atoms with Crippen molar-refractivity contribution in [3.05, 3.63) is 36.5 Å². The van der Waals surface area contributed by atoms with Crippen molar-refractivity contribution in [2.75, 3.05) is 7.11 Å². The summed E-state index contributed by atoms with van der Waals surface area (Å²) in [7, 11) is 1.59. The van der Waals surface area contributed by atoms with Crippen LogP contribution in [0.1, 0.15) is 18.7 Å². The molecular formula is C11H14N4O. The van der Waals surface area contributed by atoms with Crippen LogP contribution in [0.25, 0.3) is 5.69 Å². The monoisotopic (exact) mass is 218 g/mol. The van der Waals surface area contributed by atoms with Gasteiger partial charge in [0.05, 0.1) is 37.2 Å². The molecule has 16 heavy (non-hydrogen) atoms. The lowest BCUT2D eigenvalue weighted by Crippen LogP contribution is -2.10. The van der Waals surface area contributed by atoms with Crippen molar-refractivity contribution in [2.24, 2.45) is 5.73 Å². The number of ether oxygens (including phenoxy) is 1. The highest BCUT2D eigenvalue weighted by Gasteiger charge is 2.08. The summed E-state index contributed by atoms with van der Waals surface area (Å²) in [5.74, 6) is 0.589. The van der Waals surface area contributed by atoms with Crippen LogP contribution in [0.4, 0.5) is 0 Å². The van der Waals surface area contributed by atoms with Gasteiger partial charge in [-0.3, -0.25) is 0 Å². The Hall–Kier alpha value is -1.88. The standard InChI is InChI=1S/C11H14N4O/c1-8(12)10-6-13-7-15(10)9-3-4-11(16-2)14-5-9/h3-8H,12H2,1-2H3/t8-/m0/s1. The fourth-order valence-corrected chi connectivity index (χ4v) is 1.49. The largest absolute Gasteiger partial charge is 0.481 e. The first-order valence-electron chi connectivity index (χ1n) is 5.00. The lowest BCUT2D eigenvalue weighted by atomic mass is 10.2. The predicted octanol–water partition coefficient (Wildman–Crippen LogP) is 1.30. The SMILES string of the molecule is COc1ccc(-n2cncc2[C@H](C)N)cn1. The Bertz CT molecular complexity index is 461. The van der Waals surface area contributed by atoms with Gasteiger partial charge in [-0.05, 0) is 13.0 Å². The van der Waals surface area contributed by atoms with Gasteiger partial charge in [0.2, 0.25) is 5.88 Å². The zero-order valence-corrected chi connectivity index (χ0v) is 9.29. The zero-order valence-electron chi connectivity index (χ0n) is 9.29. The minimum Gasteiger partial charge on any atom is -0.481 e. The highest BCUT2D eigenvalue weighted by molar-refractivity contribution is 5.33. The van der Waals surface area contributed by atoms with E-state index in [-0.39, 0.29) is 6.04 Å². The quantitative estimate of drug-likeness (QED) is 0.843. The van der Waals surface area contributed by atoms with E-state index in [9.17, 15) is 0 Å². The molecule has 1 atom stereocenters. The third-order valence-corrected chi connectivity index (χ3v) is 2.34. The number of pyridine rings is 1. The maximum Gasteiger partial charge on any atom is 0.213 e. The Morgan fingerprint density at radius 1 is 1.38 bits per heavy atom. The summed E-state index contributed by atoms with van der Waals surface area (Å²) >= 11 is 0. The van der Waals surface area contributed by atoms with Crippen molar-refractivity contribution in [3.8, 4) is 11.6 Å². The van der Waals surface area contributed by atoms with E-state index in [1.165, 1.54) is 0 Å². The molecule has 2 aromatic rings. The maximum absolute atomic E-state index is 5.85. The Labute approximate surface area is 93.9 Å². The lowest BCUT2D eigenvalue weighted by molar-refractivity contribution is 0.398. The first kappa shape index (κ1) is 10.6. The van der Waals surface area contributed by atoms with Crippen molar-refractivity contribution < 1.29 is 4.74 Å². The molecule has 0 aromatic carbocycles. The van der Waals surface area contributed by atoms with Crippen LogP contribution < -0.4 is 10.5 Å². The molecule has 0 saturated heterocycles. The van der Waals surface area contributed by atoms with E-state index in [0.717, 1.165) is 11.4 Å². The Balaban J connectivity index is 2.38. The average Bonchev–Trinajstić information content (AvgIpc) is 2.78. The van der Waals surface area contributed by atoms with Gasteiger partial charge in [-0.2, -0.15) is 0 Å². The van der Waals surface area contributed by atoms with E-state index in [4.69, 9.17) is 10.5 Å². The molecule has 0 aliphatic rings. The molecule has 2 aromatic heterocycles. The maximum atomic E-state index is 5.85. The van der Waals surface area contributed by atoms with E-state index in [2.05, 4.69) is 9.97 Å². The van der Waals surface area contributed by atoms with Crippen LogP contribution in [0.5, 0.6) is 5.88 Å². The van der Waals surface area contributed by atoms with Gasteiger partial charge in [-0.15, -0.1) is 0 Å². The first-order chi connectivity index (χ1) is 7.72. The van der Waals surface area contributed by atoms with Gasteiger partial charge in [0.1, 0.15) is 0 Å². The van der Waals surface area contributed by atoms with E-state index in [0.29, 0.717) is 5.88 Å². The number of methoxy groups -OCH3 is 1. The average molecular weight is 218 g/mol. The highest BCUT2D eigenvalue weighted by atomic mass is 16.5. The fraction of sp³-hybridized carbons (Fsp3) is 0.273. The zero-order chi connectivity index (χ0) is 11.5. The second kappa shape index (κ2) is 4.32. The van der Waals surface area contributed by atoms with Crippen LogP contribution in [-0.2, 0) is 0 Å². The number of rotatable bonds is 3. The van der Waals surface area contributed by atoms with Crippen LogP contribution >= 0.6 is 0 Å². The molecule has 0 saturated carbocycles. The van der Waals surface area contributed by atoms with Crippen molar-refractivity contribution in [1.82, 2.24) is 14.5 Å². The van der Waals surface area contributed by atoms with Gasteiger partial charge >= 0.3 is 0 Å². The number of hydrogen-bond acceptors (Lipinski definition) is 4. The second-order valence-electron chi connectivity index (χ2n) is 3.54. The van der Waals surface area contributed by atoms with Gasteiger partial charge in [-0.25, -0.2) is 9.97 Å². The van der Waals surface area contributed by atoms with E-state index < -0.39 is 0 Å². The third-order valence-electron chi connectivity index (χ3n) is 2.34. The molecule has 0 amide bonds. The summed E-state index contributed by atoms with van der Waals surface area (Å²) in [6, 6.07) is 3.66. The summed E-state index contributed by atoms with van der Waals surface area (Å²) < 4.78 is 6.92. The van der Waals surface area contributed by atoms with Gasteiger partial charge < -0.3 is 15.0 Å². The Kier molecular flexibility index (Phi) is 2.87. The molecule has 0 unspecified atom stereocenters. The molecular weight excluding hydrogens is 204 g/mol. The molecule has 0 radical (unpaired) electrons. The molecule has 2 rings (SSSR count). The van der Waals surface area contributed by atoms with E-state index in [1.54, 1.807) is 31.9 Å². The van der Waals surface area contributed by atoms with Gasteiger partial charge in [-0.1, -0.05) is 0 Å². The highest BCUT2D eigenvalue weighted by Crippen LogP contribution is 2.16. The van der Waals surface area contributed by atoms with Crippen LogP contribution in [-0.4, -0.2) is 21.6 Å². The lowest BCUT2D eigenvalue weighted by Gasteiger charge is -2.10. The third kappa shape index (κ3) is 1.90. The van der Waals surface area contributed by atoms with Crippen LogP contribution in [0.2, 0.25) is 0 Å². The normalized spacial score (nSPS) is 12.4. The summed E-state index contributed by atoms with van der Waals surface area (Å²) in [5.41, 5.74) is 7.72. The summed E-state index contributed by atoms with van der Waals surface area (Å²) in [6.07, 6.45) is 5.21. The molecule has 5 nitrogen and oxygen atoms in total.